The third-order valence-electron chi connectivity index (χ3n) is 4.80. The number of anilines is 1. The molecule has 1 aliphatic heterocycles. The maximum atomic E-state index is 13.0. The summed E-state index contributed by atoms with van der Waals surface area (Å²) in [4.78, 5) is 11.0. The number of piperazine rings is 1. The van der Waals surface area contributed by atoms with Gasteiger partial charge in [0.1, 0.15) is 17.4 Å². The van der Waals surface area contributed by atoms with Crippen LogP contribution >= 0.6 is 0 Å². The first-order valence-corrected chi connectivity index (χ1v) is 11.3. The van der Waals surface area contributed by atoms with E-state index in [1.165, 1.54) is 4.31 Å². The van der Waals surface area contributed by atoms with Gasteiger partial charge in [-0.1, -0.05) is 13.3 Å². The van der Waals surface area contributed by atoms with Crippen LogP contribution in [-0.2, 0) is 10.0 Å². The molecule has 1 aromatic heterocycles. The molecule has 0 aliphatic carbocycles. The maximum absolute atomic E-state index is 13.0. The van der Waals surface area contributed by atoms with Crippen LogP contribution in [0.5, 0.6) is 11.6 Å². The number of nitrogens with zero attached hydrogens (tertiary/aromatic N) is 4. The second-order valence-corrected chi connectivity index (χ2v) is 8.82. The molecule has 29 heavy (non-hydrogen) atoms. The number of benzene rings is 1. The summed E-state index contributed by atoms with van der Waals surface area (Å²) in [6, 6.07) is 8.43. The number of hydrogen-bond acceptors (Lipinski definition) is 7. The minimum Gasteiger partial charge on any atom is -0.494 e. The van der Waals surface area contributed by atoms with Gasteiger partial charge in [-0.3, -0.25) is 0 Å². The first kappa shape index (κ1) is 21.3. The van der Waals surface area contributed by atoms with Crippen molar-refractivity contribution in [3.63, 3.8) is 0 Å². The van der Waals surface area contributed by atoms with Crippen molar-refractivity contribution in [1.82, 2.24) is 14.3 Å². The van der Waals surface area contributed by atoms with Crippen molar-refractivity contribution in [2.45, 2.75) is 31.6 Å². The highest BCUT2D eigenvalue weighted by molar-refractivity contribution is 7.89. The van der Waals surface area contributed by atoms with E-state index in [4.69, 9.17) is 9.47 Å². The third kappa shape index (κ3) is 5.16. The van der Waals surface area contributed by atoms with E-state index in [9.17, 15) is 8.42 Å². The lowest BCUT2D eigenvalue weighted by Crippen LogP contribution is -2.49. The van der Waals surface area contributed by atoms with E-state index in [0.717, 1.165) is 18.7 Å². The number of aromatic nitrogens is 2. The van der Waals surface area contributed by atoms with Crippen molar-refractivity contribution in [3.05, 3.63) is 36.2 Å². The average molecular weight is 421 g/mol. The molecule has 0 bridgehead atoms. The molecule has 8 nitrogen and oxygen atoms in total. The number of methoxy groups -OCH3 is 1. The van der Waals surface area contributed by atoms with Gasteiger partial charge < -0.3 is 14.4 Å². The molecule has 0 amide bonds. The van der Waals surface area contributed by atoms with E-state index in [2.05, 4.69) is 16.9 Å². The average Bonchev–Trinajstić information content (AvgIpc) is 2.74. The lowest BCUT2D eigenvalue weighted by Gasteiger charge is -2.34. The number of ether oxygens (including phenoxy) is 2. The minimum atomic E-state index is -3.54. The molecule has 158 valence electrons. The minimum absolute atomic E-state index is 0.286. The summed E-state index contributed by atoms with van der Waals surface area (Å²) >= 11 is 0. The molecule has 2 heterocycles. The van der Waals surface area contributed by atoms with Crippen molar-refractivity contribution >= 4 is 15.8 Å². The molecule has 3 rings (SSSR count). The fourth-order valence-electron chi connectivity index (χ4n) is 3.14. The van der Waals surface area contributed by atoms with Crippen LogP contribution in [0.25, 0.3) is 0 Å². The highest BCUT2D eigenvalue weighted by atomic mass is 32.2. The number of hydrogen-bond donors (Lipinski definition) is 0. The van der Waals surface area contributed by atoms with Crippen molar-refractivity contribution in [1.29, 1.82) is 0 Å². The van der Waals surface area contributed by atoms with Crippen LogP contribution in [-0.4, -0.2) is 62.6 Å². The summed E-state index contributed by atoms with van der Waals surface area (Å²) < 4.78 is 38.3. The van der Waals surface area contributed by atoms with Crippen LogP contribution in [0.2, 0.25) is 0 Å². The Hall–Kier alpha value is -2.39. The summed E-state index contributed by atoms with van der Waals surface area (Å²) in [6.07, 6.45) is 2.03. The lowest BCUT2D eigenvalue weighted by molar-refractivity contribution is 0.309. The summed E-state index contributed by atoms with van der Waals surface area (Å²) in [5, 5.41) is 0. The zero-order valence-corrected chi connectivity index (χ0v) is 18.0. The molecule has 0 atom stereocenters. The van der Waals surface area contributed by atoms with Crippen LogP contribution in [0.3, 0.4) is 0 Å². The summed E-state index contributed by atoms with van der Waals surface area (Å²) in [7, 11) is -1.97. The van der Waals surface area contributed by atoms with E-state index >= 15 is 0 Å². The van der Waals surface area contributed by atoms with Gasteiger partial charge >= 0.3 is 0 Å². The largest absolute Gasteiger partial charge is 0.494 e. The zero-order chi connectivity index (χ0) is 20.9. The van der Waals surface area contributed by atoms with Crippen LogP contribution in [0.15, 0.2) is 35.2 Å². The van der Waals surface area contributed by atoms with Crippen molar-refractivity contribution in [2.24, 2.45) is 0 Å². The predicted octanol–water partition coefficient (Wildman–Crippen LogP) is 2.48. The summed E-state index contributed by atoms with van der Waals surface area (Å²) in [5.74, 6) is 2.56. The first-order chi connectivity index (χ1) is 13.9. The topological polar surface area (TPSA) is 84.9 Å². The van der Waals surface area contributed by atoms with Gasteiger partial charge in [0.05, 0.1) is 18.6 Å². The monoisotopic (exact) mass is 420 g/mol. The molecular formula is C20H28N4O4S. The summed E-state index contributed by atoms with van der Waals surface area (Å²) in [6.45, 7) is 6.43. The Bertz CT molecular complexity index is 911. The standard InChI is InChI=1S/C20H28N4O4S/c1-4-5-14-28-17-6-8-18(9-7-17)29(25,26)24-12-10-23(11-13-24)19-15-20(27-3)22-16(2)21-19/h6-9,15H,4-5,10-14H2,1-3H3. The summed E-state index contributed by atoms with van der Waals surface area (Å²) in [5.41, 5.74) is 0. The third-order valence-corrected chi connectivity index (χ3v) is 6.71. The number of aryl methyl sites for hydroxylation is 1. The van der Waals surface area contributed by atoms with Crippen molar-refractivity contribution in [2.75, 3.05) is 44.8 Å². The van der Waals surface area contributed by atoms with Crippen molar-refractivity contribution in [3.8, 4) is 11.6 Å². The molecule has 0 spiro atoms. The normalized spacial score (nSPS) is 15.3. The molecule has 1 aromatic carbocycles. The van der Waals surface area contributed by atoms with Gasteiger partial charge in [-0.15, -0.1) is 0 Å². The Labute approximate surface area is 172 Å². The van der Waals surface area contributed by atoms with Gasteiger partial charge in [-0.25, -0.2) is 13.4 Å². The quantitative estimate of drug-likeness (QED) is 0.607. The van der Waals surface area contributed by atoms with E-state index in [1.54, 1.807) is 37.4 Å². The Kier molecular flexibility index (Phi) is 6.92. The zero-order valence-electron chi connectivity index (χ0n) is 17.2. The molecule has 2 aromatic rings. The van der Waals surface area contributed by atoms with E-state index in [1.807, 2.05) is 11.8 Å². The van der Waals surface area contributed by atoms with Crippen LogP contribution in [0.1, 0.15) is 25.6 Å². The molecule has 0 unspecified atom stereocenters. The lowest BCUT2D eigenvalue weighted by atomic mass is 10.3. The Balaban J connectivity index is 1.64. The second-order valence-electron chi connectivity index (χ2n) is 6.88. The highest BCUT2D eigenvalue weighted by Crippen LogP contribution is 2.23. The molecule has 1 saturated heterocycles. The van der Waals surface area contributed by atoms with Gasteiger partial charge in [0.2, 0.25) is 15.9 Å². The van der Waals surface area contributed by atoms with Gasteiger partial charge in [-0.05, 0) is 37.6 Å². The molecular weight excluding hydrogens is 392 g/mol. The highest BCUT2D eigenvalue weighted by Gasteiger charge is 2.29. The Morgan fingerprint density at radius 1 is 1.07 bits per heavy atom. The molecule has 9 heteroatoms. The van der Waals surface area contributed by atoms with Crippen LogP contribution in [0, 0.1) is 6.92 Å². The predicted molar refractivity (Wildman–Crippen MR) is 111 cm³/mol. The smallest absolute Gasteiger partial charge is 0.243 e. The van der Waals surface area contributed by atoms with Gasteiger partial charge in [0.15, 0.2) is 0 Å². The van der Waals surface area contributed by atoms with Gasteiger partial charge in [-0.2, -0.15) is 9.29 Å². The fourth-order valence-corrected chi connectivity index (χ4v) is 4.56. The first-order valence-electron chi connectivity index (χ1n) is 9.81. The van der Waals surface area contributed by atoms with E-state index in [-0.39, 0.29) is 4.90 Å². The fraction of sp³-hybridized carbons (Fsp3) is 0.500. The maximum Gasteiger partial charge on any atom is 0.243 e. The SMILES string of the molecule is CCCCOc1ccc(S(=O)(=O)N2CCN(c3cc(OC)nc(C)n3)CC2)cc1. The van der Waals surface area contributed by atoms with E-state index in [0.29, 0.717) is 50.2 Å². The Morgan fingerprint density at radius 3 is 2.38 bits per heavy atom. The number of rotatable bonds is 8. The van der Waals surface area contributed by atoms with E-state index < -0.39 is 10.0 Å². The van der Waals surface area contributed by atoms with Gasteiger partial charge in [0.25, 0.3) is 0 Å². The number of unbranched alkanes of at least 4 members (excludes halogenated alkanes) is 1. The molecule has 0 N–H and O–H groups in total. The van der Waals surface area contributed by atoms with Crippen LogP contribution in [0.4, 0.5) is 5.82 Å². The Morgan fingerprint density at radius 2 is 1.76 bits per heavy atom. The molecule has 0 saturated carbocycles. The molecule has 1 fully saturated rings. The molecule has 1 aliphatic rings. The second kappa shape index (κ2) is 9.41. The van der Waals surface area contributed by atoms with Gasteiger partial charge in [0, 0.05) is 32.2 Å². The molecule has 0 radical (unpaired) electrons. The van der Waals surface area contributed by atoms with Crippen molar-refractivity contribution < 1.29 is 17.9 Å². The number of sulfonamides is 1. The van der Waals surface area contributed by atoms with Crippen LogP contribution < -0.4 is 14.4 Å².